The standard InChI is InChI=1S/C32H30N2S/c1-19(2)22-12-10-13-23(20(3)4)30(22)34-27-15-8-7-14-26(27)33-32(34)25-18-17-21(5)29-24-11-6-9-16-28(24)35-31(25)29/h6-20H,1-5H3/i5D3. The second-order valence-corrected chi connectivity index (χ2v) is 10.9. The van der Waals surface area contributed by atoms with Crippen LogP contribution in [0, 0.1) is 6.85 Å². The van der Waals surface area contributed by atoms with Gasteiger partial charge < -0.3 is 0 Å². The van der Waals surface area contributed by atoms with Crippen molar-refractivity contribution in [1.29, 1.82) is 0 Å². The molecule has 174 valence electrons. The molecular weight excluding hydrogens is 444 g/mol. The predicted octanol–water partition coefficient (Wildman–Crippen LogP) is 9.62. The summed E-state index contributed by atoms with van der Waals surface area (Å²) in [5.41, 5.74) is 7.03. The number of fused-ring (bicyclic) bond motifs is 4. The fraction of sp³-hybridized carbons (Fsp3) is 0.219. The summed E-state index contributed by atoms with van der Waals surface area (Å²) in [6.07, 6.45) is 0. The molecule has 2 aromatic heterocycles. The molecule has 3 heteroatoms. The summed E-state index contributed by atoms with van der Waals surface area (Å²) in [6, 6.07) is 26.7. The minimum atomic E-state index is -2.21. The zero-order valence-corrected chi connectivity index (χ0v) is 21.3. The monoisotopic (exact) mass is 477 g/mol. The van der Waals surface area contributed by atoms with Crippen LogP contribution in [-0.2, 0) is 0 Å². The van der Waals surface area contributed by atoms with Gasteiger partial charge in [-0.3, -0.25) is 4.57 Å². The van der Waals surface area contributed by atoms with E-state index in [1.165, 1.54) is 16.8 Å². The Morgan fingerprint density at radius 1 is 0.800 bits per heavy atom. The number of benzene rings is 4. The Morgan fingerprint density at radius 3 is 2.26 bits per heavy atom. The van der Waals surface area contributed by atoms with Crippen LogP contribution in [0.2, 0.25) is 0 Å². The van der Waals surface area contributed by atoms with Gasteiger partial charge in [0.25, 0.3) is 0 Å². The summed E-state index contributed by atoms with van der Waals surface area (Å²) in [7, 11) is 0. The SMILES string of the molecule is [2H]C([2H])([2H])c1ccc(-c2nc3ccccc3n2-c2c(C(C)C)cccc2C(C)C)c2sc3ccccc3c12. The quantitative estimate of drug-likeness (QED) is 0.247. The summed E-state index contributed by atoms with van der Waals surface area (Å²) in [4.78, 5) is 5.20. The summed E-state index contributed by atoms with van der Waals surface area (Å²) < 4.78 is 29.2. The van der Waals surface area contributed by atoms with E-state index >= 15 is 0 Å². The topological polar surface area (TPSA) is 17.8 Å². The molecular formula is C32H30N2S. The molecule has 4 aromatic carbocycles. The normalized spacial score (nSPS) is 13.7. The second kappa shape index (κ2) is 8.35. The van der Waals surface area contributed by atoms with Crippen LogP contribution in [0.4, 0.5) is 0 Å². The van der Waals surface area contributed by atoms with Crippen molar-refractivity contribution in [2.75, 3.05) is 0 Å². The van der Waals surface area contributed by atoms with Crippen LogP contribution < -0.4 is 0 Å². The molecule has 0 atom stereocenters. The fourth-order valence-corrected chi connectivity index (χ4v) is 6.45. The van der Waals surface area contributed by atoms with Gasteiger partial charge in [-0.25, -0.2) is 4.98 Å². The highest BCUT2D eigenvalue weighted by atomic mass is 32.1. The van der Waals surface area contributed by atoms with Crippen LogP contribution in [0.3, 0.4) is 0 Å². The van der Waals surface area contributed by atoms with Crippen molar-refractivity contribution in [3.05, 3.63) is 95.6 Å². The largest absolute Gasteiger partial charge is 0.292 e. The molecule has 0 aliphatic rings. The van der Waals surface area contributed by atoms with Crippen molar-refractivity contribution in [3.63, 3.8) is 0 Å². The summed E-state index contributed by atoms with van der Waals surface area (Å²) in [6.45, 7) is 6.72. The van der Waals surface area contributed by atoms with E-state index in [1.807, 2.05) is 30.3 Å². The summed E-state index contributed by atoms with van der Waals surface area (Å²) >= 11 is 1.64. The first-order valence-electron chi connectivity index (χ1n) is 13.7. The van der Waals surface area contributed by atoms with Gasteiger partial charge in [-0.05, 0) is 59.6 Å². The number of aryl methyl sites for hydroxylation is 1. The number of hydrogen-bond donors (Lipinski definition) is 0. The first kappa shape index (κ1) is 18.8. The van der Waals surface area contributed by atoms with E-state index in [-0.39, 0.29) is 0 Å². The smallest absolute Gasteiger partial charge is 0.147 e. The minimum Gasteiger partial charge on any atom is -0.292 e. The lowest BCUT2D eigenvalue weighted by atomic mass is 9.92. The Labute approximate surface area is 215 Å². The molecule has 0 aliphatic carbocycles. The number of rotatable bonds is 4. The molecule has 6 aromatic rings. The number of para-hydroxylation sites is 3. The molecule has 0 fully saturated rings. The van der Waals surface area contributed by atoms with Crippen molar-refractivity contribution in [2.45, 2.75) is 46.4 Å². The Bertz CT molecular complexity index is 1800. The Balaban J connectivity index is 1.79. The molecule has 2 heterocycles. The van der Waals surface area contributed by atoms with Gasteiger partial charge in [-0.2, -0.15) is 0 Å². The molecule has 6 rings (SSSR count). The third-order valence-electron chi connectivity index (χ3n) is 6.89. The third kappa shape index (κ3) is 3.41. The summed E-state index contributed by atoms with van der Waals surface area (Å²) in [5.74, 6) is 1.48. The number of nitrogens with zero attached hydrogens (tertiary/aromatic N) is 2. The van der Waals surface area contributed by atoms with Gasteiger partial charge >= 0.3 is 0 Å². The van der Waals surface area contributed by atoms with Crippen LogP contribution in [0.1, 0.15) is 60.3 Å². The lowest BCUT2D eigenvalue weighted by Gasteiger charge is -2.22. The van der Waals surface area contributed by atoms with Crippen LogP contribution in [0.15, 0.2) is 78.9 Å². The minimum absolute atomic E-state index is 0.319. The molecule has 0 unspecified atom stereocenters. The van der Waals surface area contributed by atoms with Gasteiger partial charge in [-0.15, -0.1) is 11.3 Å². The van der Waals surface area contributed by atoms with Gasteiger partial charge in [0.15, 0.2) is 0 Å². The van der Waals surface area contributed by atoms with Crippen LogP contribution in [-0.4, -0.2) is 9.55 Å². The molecule has 0 aliphatic heterocycles. The molecule has 35 heavy (non-hydrogen) atoms. The van der Waals surface area contributed by atoms with Crippen molar-refractivity contribution >= 4 is 42.5 Å². The molecule has 0 spiro atoms. The number of imidazole rings is 1. The average Bonchev–Trinajstić information content (AvgIpc) is 3.46. The molecule has 0 saturated heterocycles. The van der Waals surface area contributed by atoms with E-state index in [4.69, 9.17) is 9.10 Å². The molecule has 0 saturated carbocycles. The van der Waals surface area contributed by atoms with E-state index in [0.717, 1.165) is 42.6 Å². The average molecular weight is 478 g/mol. The first-order valence-corrected chi connectivity index (χ1v) is 13.0. The van der Waals surface area contributed by atoms with Gasteiger partial charge in [-0.1, -0.05) is 82.3 Å². The van der Waals surface area contributed by atoms with E-state index in [9.17, 15) is 0 Å². The molecule has 0 amide bonds. The van der Waals surface area contributed by atoms with Crippen molar-refractivity contribution in [3.8, 4) is 17.1 Å². The molecule has 0 bridgehead atoms. The Hall–Kier alpha value is -3.43. The fourth-order valence-electron chi connectivity index (χ4n) is 5.21. The Kier molecular flexibility index (Phi) is 4.50. The first-order chi connectivity index (χ1) is 18.2. The van der Waals surface area contributed by atoms with Gasteiger partial charge in [0.05, 0.1) is 16.7 Å². The number of thiophene rings is 1. The molecule has 0 radical (unpaired) electrons. The maximum absolute atomic E-state index is 8.28. The molecule has 0 N–H and O–H groups in total. The van der Waals surface area contributed by atoms with E-state index in [1.54, 1.807) is 17.4 Å². The van der Waals surface area contributed by atoms with E-state index in [0.29, 0.717) is 17.4 Å². The molecule has 2 nitrogen and oxygen atoms in total. The second-order valence-electron chi connectivity index (χ2n) is 9.82. The highest BCUT2D eigenvalue weighted by Gasteiger charge is 2.23. The van der Waals surface area contributed by atoms with Gasteiger partial charge in [0.1, 0.15) is 5.82 Å². The zero-order chi connectivity index (χ0) is 26.8. The van der Waals surface area contributed by atoms with Crippen molar-refractivity contribution in [1.82, 2.24) is 9.55 Å². The summed E-state index contributed by atoms with van der Waals surface area (Å²) in [5, 5.41) is 1.79. The predicted molar refractivity (Wildman–Crippen MR) is 152 cm³/mol. The van der Waals surface area contributed by atoms with E-state index in [2.05, 4.69) is 74.7 Å². The maximum atomic E-state index is 8.28. The third-order valence-corrected chi connectivity index (χ3v) is 8.10. The highest BCUT2D eigenvalue weighted by Crippen LogP contribution is 2.44. The zero-order valence-electron chi connectivity index (χ0n) is 23.5. The van der Waals surface area contributed by atoms with E-state index < -0.39 is 6.85 Å². The van der Waals surface area contributed by atoms with Gasteiger partial charge in [0.2, 0.25) is 0 Å². The number of hydrogen-bond acceptors (Lipinski definition) is 2. The van der Waals surface area contributed by atoms with Gasteiger partial charge in [0, 0.05) is 29.8 Å². The Morgan fingerprint density at radius 2 is 1.51 bits per heavy atom. The van der Waals surface area contributed by atoms with Crippen LogP contribution in [0.5, 0.6) is 0 Å². The lowest BCUT2D eigenvalue weighted by molar-refractivity contribution is 0.811. The van der Waals surface area contributed by atoms with Crippen LogP contribution in [0.25, 0.3) is 48.3 Å². The number of aromatic nitrogens is 2. The maximum Gasteiger partial charge on any atom is 0.147 e. The highest BCUT2D eigenvalue weighted by molar-refractivity contribution is 7.26. The van der Waals surface area contributed by atoms with Crippen molar-refractivity contribution in [2.24, 2.45) is 0 Å². The van der Waals surface area contributed by atoms with Crippen LogP contribution >= 0.6 is 11.3 Å². The van der Waals surface area contributed by atoms with Crippen molar-refractivity contribution < 1.29 is 4.11 Å². The lowest BCUT2D eigenvalue weighted by Crippen LogP contribution is -2.08.